The Kier molecular flexibility index (Phi) is 3.10. The molecule has 0 radical (unpaired) electrons. The van der Waals surface area contributed by atoms with Crippen LogP contribution in [0.3, 0.4) is 0 Å². The summed E-state index contributed by atoms with van der Waals surface area (Å²) >= 11 is 0. The van der Waals surface area contributed by atoms with Crippen molar-refractivity contribution >= 4 is 5.82 Å². The minimum atomic E-state index is -0.0298. The van der Waals surface area contributed by atoms with Gasteiger partial charge in [0, 0.05) is 24.4 Å². The average molecular weight is 221 g/mol. The minimum absolute atomic E-state index is 0.0298. The van der Waals surface area contributed by atoms with E-state index in [4.69, 9.17) is 4.74 Å². The Hall–Kier alpha value is -1.16. The monoisotopic (exact) mass is 221 g/mol. The lowest BCUT2D eigenvalue weighted by Gasteiger charge is -2.36. The van der Waals surface area contributed by atoms with Gasteiger partial charge in [0.15, 0.2) is 0 Å². The molecule has 1 aromatic rings. The van der Waals surface area contributed by atoms with Gasteiger partial charge < -0.3 is 10.1 Å². The van der Waals surface area contributed by atoms with Crippen molar-refractivity contribution in [3.05, 3.63) is 18.1 Å². The largest absolute Gasteiger partial charge is 0.375 e. The van der Waals surface area contributed by atoms with Gasteiger partial charge in [-0.15, -0.1) is 0 Å². The first-order valence-electron chi connectivity index (χ1n) is 5.74. The second-order valence-electron chi connectivity index (χ2n) is 4.99. The lowest BCUT2D eigenvalue weighted by atomic mass is 9.94. The Bertz CT molecular complexity index is 365. The van der Waals surface area contributed by atoms with E-state index in [0.717, 1.165) is 31.0 Å². The molecular formula is C12H19N3O. The number of ether oxygens (including phenoxy) is 1. The Morgan fingerprint density at radius 3 is 2.94 bits per heavy atom. The fourth-order valence-electron chi connectivity index (χ4n) is 2.10. The lowest BCUT2D eigenvalue weighted by molar-refractivity contribution is -0.0553. The summed E-state index contributed by atoms with van der Waals surface area (Å²) in [6.07, 6.45) is 3.64. The van der Waals surface area contributed by atoms with Gasteiger partial charge in [-0.25, -0.2) is 9.97 Å². The Morgan fingerprint density at radius 1 is 1.44 bits per heavy atom. The van der Waals surface area contributed by atoms with Crippen LogP contribution in [0.15, 0.2) is 12.4 Å². The van der Waals surface area contributed by atoms with Crippen LogP contribution in [0.1, 0.15) is 32.4 Å². The molecule has 1 fully saturated rings. The summed E-state index contributed by atoms with van der Waals surface area (Å²) in [5.41, 5.74) is 0.960. The van der Waals surface area contributed by atoms with Crippen LogP contribution in [-0.4, -0.2) is 28.2 Å². The van der Waals surface area contributed by atoms with E-state index < -0.39 is 0 Å². The number of hydrogen-bond donors (Lipinski definition) is 1. The standard InChI is InChI=1S/C12H19N3O/c1-9-6-11(14-8-13-9)15-10-4-5-16-12(2,3)7-10/h6,8,10H,4-5,7H2,1-3H3,(H,13,14,15). The fraction of sp³-hybridized carbons (Fsp3) is 0.667. The van der Waals surface area contributed by atoms with Gasteiger partial charge in [-0.2, -0.15) is 0 Å². The molecule has 1 N–H and O–H groups in total. The third-order valence-electron chi connectivity index (χ3n) is 2.85. The summed E-state index contributed by atoms with van der Waals surface area (Å²) in [5.74, 6) is 0.912. The Morgan fingerprint density at radius 2 is 2.25 bits per heavy atom. The van der Waals surface area contributed by atoms with Crippen LogP contribution in [0, 0.1) is 6.92 Å². The molecule has 16 heavy (non-hydrogen) atoms. The molecule has 1 aliphatic rings. The second-order valence-corrected chi connectivity index (χ2v) is 4.99. The van der Waals surface area contributed by atoms with Gasteiger partial charge in [-0.05, 0) is 33.6 Å². The van der Waals surface area contributed by atoms with Crippen molar-refractivity contribution in [2.45, 2.75) is 45.3 Å². The first-order chi connectivity index (χ1) is 7.55. The normalized spacial score (nSPS) is 24.1. The summed E-state index contributed by atoms with van der Waals surface area (Å²) < 4.78 is 5.68. The highest BCUT2D eigenvalue weighted by Gasteiger charge is 2.28. The molecule has 4 heteroatoms. The molecule has 0 spiro atoms. The fourth-order valence-corrected chi connectivity index (χ4v) is 2.10. The van der Waals surface area contributed by atoms with Gasteiger partial charge >= 0.3 is 0 Å². The molecule has 1 aliphatic heterocycles. The Balaban J connectivity index is 1.99. The highest BCUT2D eigenvalue weighted by molar-refractivity contribution is 5.35. The van der Waals surface area contributed by atoms with E-state index in [1.54, 1.807) is 6.33 Å². The highest BCUT2D eigenvalue weighted by atomic mass is 16.5. The molecule has 0 aliphatic carbocycles. The van der Waals surface area contributed by atoms with Gasteiger partial charge in [0.25, 0.3) is 0 Å². The van der Waals surface area contributed by atoms with E-state index in [9.17, 15) is 0 Å². The SMILES string of the molecule is Cc1cc(NC2CCOC(C)(C)C2)ncn1. The van der Waals surface area contributed by atoms with Crippen LogP contribution < -0.4 is 5.32 Å². The molecule has 2 heterocycles. The molecule has 2 rings (SSSR count). The first kappa shape index (κ1) is 11.3. The van der Waals surface area contributed by atoms with Gasteiger partial charge in [-0.1, -0.05) is 0 Å². The van der Waals surface area contributed by atoms with Gasteiger partial charge in [0.1, 0.15) is 12.1 Å². The van der Waals surface area contributed by atoms with E-state index in [1.807, 2.05) is 13.0 Å². The maximum atomic E-state index is 5.68. The molecule has 1 unspecified atom stereocenters. The molecule has 88 valence electrons. The van der Waals surface area contributed by atoms with Crippen molar-refractivity contribution in [1.82, 2.24) is 9.97 Å². The van der Waals surface area contributed by atoms with Crippen LogP contribution >= 0.6 is 0 Å². The summed E-state index contributed by atoms with van der Waals surface area (Å²) in [7, 11) is 0. The first-order valence-corrected chi connectivity index (χ1v) is 5.74. The highest BCUT2D eigenvalue weighted by Crippen LogP contribution is 2.25. The van der Waals surface area contributed by atoms with Crippen molar-refractivity contribution in [3.8, 4) is 0 Å². The van der Waals surface area contributed by atoms with Crippen molar-refractivity contribution in [1.29, 1.82) is 0 Å². The van der Waals surface area contributed by atoms with E-state index in [0.29, 0.717) is 6.04 Å². The number of rotatable bonds is 2. The van der Waals surface area contributed by atoms with Crippen LogP contribution in [0.4, 0.5) is 5.82 Å². The second kappa shape index (κ2) is 4.37. The third-order valence-corrected chi connectivity index (χ3v) is 2.85. The van der Waals surface area contributed by atoms with Crippen LogP contribution in [0.2, 0.25) is 0 Å². The number of nitrogens with one attached hydrogen (secondary N) is 1. The van der Waals surface area contributed by atoms with Crippen molar-refractivity contribution in [3.63, 3.8) is 0 Å². The number of aromatic nitrogens is 2. The quantitative estimate of drug-likeness (QED) is 0.831. The lowest BCUT2D eigenvalue weighted by Crippen LogP contribution is -2.40. The molecule has 4 nitrogen and oxygen atoms in total. The average Bonchev–Trinajstić information content (AvgIpc) is 2.15. The molecule has 1 aromatic heterocycles. The zero-order valence-electron chi connectivity index (χ0n) is 10.2. The van der Waals surface area contributed by atoms with Gasteiger partial charge in [0.2, 0.25) is 0 Å². The Labute approximate surface area is 96.4 Å². The molecular weight excluding hydrogens is 202 g/mol. The number of aryl methyl sites for hydroxylation is 1. The third kappa shape index (κ3) is 2.92. The van der Waals surface area contributed by atoms with Crippen molar-refractivity contribution < 1.29 is 4.74 Å². The van der Waals surface area contributed by atoms with E-state index in [-0.39, 0.29) is 5.60 Å². The smallest absolute Gasteiger partial charge is 0.129 e. The molecule has 0 saturated carbocycles. The summed E-state index contributed by atoms with van der Waals surface area (Å²) in [6.45, 7) is 7.05. The number of nitrogens with zero attached hydrogens (tertiary/aromatic N) is 2. The van der Waals surface area contributed by atoms with E-state index in [2.05, 4.69) is 29.1 Å². The van der Waals surface area contributed by atoms with E-state index in [1.165, 1.54) is 0 Å². The zero-order chi connectivity index (χ0) is 11.6. The predicted molar refractivity (Wildman–Crippen MR) is 63.4 cm³/mol. The van der Waals surface area contributed by atoms with Crippen LogP contribution in [0.5, 0.6) is 0 Å². The topological polar surface area (TPSA) is 47.0 Å². The van der Waals surface area contributed by atoms with Crippen molar-refractivity contribution in [2.24, 2.45) is 0 Å². The minimum Gasteiger partial charge on any atom is -0.375 e. The summed E-state index contributed by atoms with van der Waals surface area (Å²) in [5, 5.41) is 3.45. The molecule has 1 atom stereocenters. The molecule has 1 saturated heterocycles. The van der Waals surface area contributed by atoms with Crippen LogP contribution in [-0.2, 0) is 4.74 Å². The maximum Gasteiger partial charge on any atom is 0.129 e. The maximum absolute atomic E-state index is 5.68. The molecule has 0 aromatic carbocycles. The van der Waals surface area contributed by atoms with Gasteiger partial charge in [0.05, 0.1) is 5.60 Å². The number of anilines is 1. The predicted octanol–water partition coefficient (Wildman–Crippen LogP) is 2.15. The van der Waals surface area contributed by atoms with Crippen LogP contribution in [0.25, 0.3) is 0 Å². The molecule has 0 amide bonds. The molecule has 0 bridgehead atoms. The summed E-state index contributed by atoms with van der Waals surface area (Å²) in [4.78, 5) is 8.30. The summed E-state index contributed by atoms with van der Waals surface area (Å²) in [6, 6.07) is 2.42. The van der Waals surface area contributed by atoms with Gasteiger partial charge in [-0.3, -0.25) is 0 Å². The van der Waals surface area contributed by atoms with Crippen molar-refractivity contribution in [2.75, 3.05) is 11.9 Å². The zero-order valence-corrected chi connectivity index (χ0v) is 10.2. The van der Waals surface area contributed by atoms with E-state index >= 15 is 0 Å². The number of hydrogen-bond acceptors (Lipinski definition) is 4.